The van der Waals surface area contributed by atoms with Crippen molar-refractivity contribution in [3.05, 3.63) is 58.3 Å². The van der Waals surface area contributed by atoms with Crippen LogP contribution in [0.3, 0.4) is 0 Å². The van der Waals surface area contributed by atoms with E-state index >= 15 is 0 Å². The highest BCUT2D eigenvalue weighted by Crippen LogP contribution is 2.53. The molecule has 2 aromatic rings. The SMILES string of the molecule is C[C@@]1(c2ccccc2)C[C@H]1C#Cc1cccs1. The van der Waals surface area contributed by atoms with Gasteiger partial charge in [0, 0.05) is 11.3 Å². The molecule has 84 valence electrons. The van der Waals surface area contributed by atoms with Gasteiger partial charge in [0.25, 0.3) is 0 Å². The van der Waals surface area contributed by atoms with Crippen molar-refractivity contribution >= 4 is 11.3 Å². The number of benzene rings is 1. The molecular weight excluding hydrogens is 224 g/mol. The Morgan fingerprint density at radius 3 is 2.71 bits per heavy atom. The lowest BCUT2D eigenvalue weighted by Crippen LogP contribution is -2.02. The van der Waals surface area contributed by atoms with Crippen LogP contribution in [0.2, 0.25) is 0 Å². The van der Waals surface area contributed by atoms with Crippen molar-refractivity contribution in [3.8, 4) is 11.8 Å². The van der Waals surface area contributed by atoms with Crippen molar-refractivity contribution in [3.63, 3.8) is 0 Å². The van der Waals surface area contributed by atoms with Crippen molar-refractivity contribution in [1.82, 2.24) is 0 Å². The lowest BCUT2D eigenvalue weighted by atomic mass is 9.96. The van der Waals surface area contributed by atoms with Crippen LogP contribution < -0.4 is 0 Å². The van der Waals surface area contributed by atoms with Gasteiger partial charge in [-0.3, -0.25) is 0 Å². The molecule has 0 bridgehead atoms. The van der Waals surface area contributed by atoms with Gasteiger partial charge >= 0.3 is 0 Å². The van der Waals surface area contributed by atoms with Gasteiger partial charge in [0.1, 0.15) is 0 Å². The van der Waals surface area contributed by atoms with Crippen LogP contribution in [0, 0.1) is 17.8 Å². The Bertz CT molecular complexity index is 557. The van der Waals surface area contributed by atoms with E-state index < -0.39 is 0 Å². The third-order valence-corrected chi connectivity index (χ3v) is 4.35. The predicted octanol–water partition coefficient (Wildman–Crippen LogP) is 4.08. The summed E-state index contributed by atoms with van der Waals surface area (Å²) < 4.78 is 0. The molecule has 2 atom stereocenters. The second kappa shape index (κ2) is 4.05. The highest BCUT2D eigenvalue weighted by Gasteiger charge is 2.50. The van der Waals surface area contributed by atoms with Gasteiger partial charge in [-0.1, -0.05) is 55.2 Å². The molecule has 3 rings (SSSR count). The van der Waals surface area contributed by atoms with Crippen LogP contribution in [-0.2, 0) is 5.41 Å². The topological polar surface area (TPSA) is 0 Å². The summed E-state index contributed by atoms with van der Waals surface area (Å²) in [5.74, 6) is 7.21. The van der Waals surface area contributed by atoms with Gasteiger partial charge in [-0.05, 0) is 23.4 Å². The first-order valence-electron chi connectivity index (χ1n) is 5.90. The second-order valence-corrected chi connectivity index (χ2v) is 5.73. The fourth-order valence-corrected chi connectivity index (χ4v) is 2.80. The largest absolute Gasteiger partial charge is 0.135 e. The van der Waals surface area contributed by atoms with E-state index in [4.69, 9.17) is 0 Å². The number of hydrogen-bond donors (Lipinski definition) is 0. The van der Waals surface area contributed by atoms with Crippen LogP contribution in [0.4, 0.5) is 0 Å². The minimum absolute atomic E-state index is 0.283. The standard InChI is InChI=1S/C16H14S/c1-16(13-6-3-2-4-7-13)12-14(16)9-10-15-8-5-11-17-15/h2-8,11,14H,12H2,1H3/t14-,16+/m1/s1. The molecule has 1 heterocycles. The summed E-state index contributed by atoms with van der Waals surface area (Å²) in [4.78, 5) is 1.17. The summed E-state index contributed by atoms with van der Waals surface area (Å²) in [6.45, 7) is 2.32. The normalized spacial score (nSPS) is 26.1. The molecule has 1 aliphatic carbocycles. The molecule has 1 saturated carbocycles. The van der Waals surface area contributed by atoms with Crippen molar-refractivity contribution in [1.29, 1.82) is 0 Å². The Morgan fingerprint density at radius 2 is 2.00 bits per heavy atom. The number of thiophene rings is 1. The van der Waals surface area contributed by atoms with E-state index in [0.29, 0.717) is 5.92 Å². The molecule has 1 fully saturated rings. The van der Waals surface area contributed by atoms with E-state index in [1.165, 1.54) is 16.9 Å². The summed E-state index contributed by atoms with van der Waals surface area (Å²) in [7, 11) is 0. The van der Waals surface area contributed by atoms with Crippen molar-refractivity contribution in [2.24, 2.45) is 5.92 Å². The highest BCUT2D eigenvalue weighted by molar-refractivity contribution is 7.10. The van der Waals surface area contributed by atoms with E-state index in [2.05, 4.69) is 66.6 Å². The Balaban J connectivity index is 1.78. The second-order valence-electron chi connectivity index (χ2n) is 4.79. The zero-order valence-electron chi connectivity index (χ0n) is 9.81. The van der Waals surface area contributed by atoms with Gasteiger partial charge in [-0.15, -0.1) is 11.3 Å². The smallest absolute Gasteiger partial charge is 0.0768 e. The summed E-state index contributed by atoms with van der Waals surface area (Å²) in [6, 6.07) is 14.9. The van der Waals surface area contributed by atoms with Crippen LogP contribution >= 0.6 is 11.3 Å². The third kappa shape index (κ3) is 2.01. The molecule has 1 aromatic carbocycles. The fourth-order valence-electron chi connectivity index (χ4n) is 2.22. The molecule has 1 aromatic heterocycles. The quantitative estimate of drug-likeness (QED) is 0.657. The molecule has 0 spiro atoms. The summed E-state index contributed by atoms with van der Waals surface area (Å²) in [5.41, 5.74) is 1.70. The maximum Gasteiger partial charge on any atom is 0.0768 e. The molecule has 1 heteroatoms. The molecule has 0 saturated heterocycles. The van der Waals surface area contributed by atoms with Crippen molar-refractivity contribution in [2.45, 2.75) is 18.8 Å². The van der Waals surface area contributed by atoms with Crippen molar-refractivity contribution < 1.29 is 0 Å². The van der Waals surface area contributed by atoms with Crippen molar-refractivity contribution in [2.75, 3.05) is 0 Å². The molecule has 0 N–H and O–H groups in total. The lowest BCUT2D eigenvalue weighted by molar-refractivity contribution is 0.746. The summed E-state index contributed by atoms with van der Waals surface area (Å²) in [5, 5.41) is 2.08. The van der Waals surface area contributed by atoms with E-state index in [9.17, 15) is 0 Å². The van der Waals surface area contributed by atoms with E-state index in [-0.39, 0.29) is 5.41 Å². The molecule has 0 aliphatic heterocycles. The Hall–Kier alpha value is -1.52. The maximum atomic E-state index is 3.41. The Kier molecular flexibility index (Phi) is 2.53. The molecule has 1 aliphatic rings. The van der Waals surface area contributed by atoms with E-state index in [0.717, 1.165) is 0 Å². The average Bonchev–Trinajstić information content (AvgIpc) is 2.79. The zero-order chi connectivity index (χ0) is 11.7. The van der Waals surface area contributed by atoms with Gasteiger partial charge in [0.15, 0.2) is 0 Å². The van der Waals surface area contributed by atoms with Crippen LogP contribution in [0.5, 0.6) is 0 Å². The van der Waals surface area contributed by atoms with Crippen LogP contribution in [-0.4, -0.2) is 0 Å². The minimum Gasteiger partial charge on any atom is -0.135 e. The van der Waals surface area contributed by atoms with Gasteiger partial charge in [-0.2, -0.15) is 0 Å². The monoisotopic (exact) mass is 238 g/mol. The van der Waals surface area contributed by atoms with Gasteiger partial charge < -0.3 is 0 Å². The van der Waals surface area contributed by atoms with Crippen LogP contribution in [0.15, 0.2) is 47.8 Å². The van der Waals surface area contributed by atoms with Gasteiger partial charge in [-0.25, -0.2) is 0 Å². The first-order chi connectivity index (χ1) is 8.29. The van der Waals surface area contributed by atoms with Gasteiger partial charge in [0.2, 0.25) is 0 Å². The summed E-state index contributed by atoms with van der Waals surface area (Å²) >= 11 is 1.72. The molecule has 0 nitrogen and oxygen atoms in total. The fraction of sp³-hybridized carbons (Fsp3) is 0.250. The Labute approximate surface area is 106 Å². The van der Waals surface area contributed by atoms with Crippen LogP contribution in [0.1, 0.15) is 23.8 Å². The minimum atomic E-state index is 0.283. The predicted molar refractivity (Wildman–Crippen MR) is 73.1 cm³/mol. The molecule has 0 radical (unpaired) electrons. The number of hydrogen-bond acceptors (Lipinski definition) is 1. The summed E-state index contributed by atoms with van der Waals surface area (Å²) in [6.07, 6.45) is 1.19. The maximum absolute atomic E-state index is 3.41. The third-order valence-electron chi connectivity index (χ3n) is 3.56. The van der Waals surface area contributed by atoms with Gasteiger partial charge in [0.05, 0.1) is 4.88 Å². The molecular formula is C16H14S. The molecule has 0 unspecified atom stereocenters. The molecule has 17 heavy (non-hydrogen) atoms. The Morgan fingerprint density at radius 1 is 1.18 bits per heavy atom. The lowest BCUT2D eigenvalue weighted by Gasteiger charge is -2.08. The van der Waals surface area contributed by atoms with E-state index in [1.807, 2.05) is 0 Å². The van der Waals surface area contributed by atoms with Crippen LogP contribution in [0.25, 0.3) is 0 Å². The highest BCUT2D eigenvalue weighted by atomic mass is 32.1. The average molecular weight is 238 g/mol. The van der Waals surface area contributed by atoms with E-state index in [1.54, 1.807) is 11.3 Å². The molecule has 0 amide bonds. The number of rotatable bonds is 1. The first kappa shape index (κ1) is 10.6. The zero-order valence-corrected chi connectivity index (χ0v) is 10.6. The first-order valence-corrected chi connectivity index (χ1v) is 6.77.